The van der Waals surface area contributed by atoms with E-state index in [1.165, 1.54) is 28.1 Å². The first-order chi connectivity index (χ1) is 30.1. The zero-order valence-electron chi connectivity index (χ0n) is 36.9. The molecule has 350 valence electrons. The Hall–Kier alpha value is -6.53. The van der Waals surface area contributed by atoms with Crippen molar-refractivity contribution in [3.05, 3.63) is 107 Å². The lowest BCUT2D eigenvalue weighted by Crippen LogP contribution is -2.51. The van der Waals surface area contributed by atoms with Gasteiger partial charge in [-0.1, -0.05) is 30.3 Å². The Kier molecular flexibility index (Phi) is 22.5. The van der Waals surface area contributed by atoms with E-state index in [1.807, 2.05) is 30.3 Å². The number of carbonyl (C=O) groups is 7. The van der Waals surface area contributed by atoms with Crippen LogP contribution in [0.2, 0.25) is 0 Å². The second-order valence-electron chi connectivity index (χ2n) is 15.6. The van der Waals surface area contributed by atoms with Crippen LogP contribution in [0.3, 0.4) is 0 Å². The number of benzene rings is 3. The lowest BCUT2D eigenvalue weighted by molar-refractivity contribution is -0.146. The van der Waals surface area contributed by atoms with Crippen molar-refractivity contribution < 1.29 is 65.3 Å². The maximum absolute atomic E-state index is 13.3. The zero-order chi connectivity index (χ0) is 48.0. The standard InChI is InChI=1S/C23H33F2N3O6.C22H24F2N2O4/c1-14(27-19(29)12-15-10-16(24)13-17(25)11-15)20(30)28-18(21(31)33-5)8-6-7-9-26-22(32)34-23(2,3)4;1-14(25-20(27)12-16-10-17(23)13-18(24)11-16)21(28)26-19(22(29)30-2)9-8-15-6-4-3-5-7-15/h10-11,13-14,18H,6-9,12H2,1-5H3,(H,26,32)(H,27,29)(H,28,30);3-7,10-11,13-14,19H,8-9,12H2,1-2H3,(H,25,27)(H,26,28)/t14-,18-;14-,19-/m00/s1. The van der Waals surface area contributed by atoms with Crippen LogP contribution in [0, 0.1) is 23.3 Å². The molecule has 0 radical (unpaired) electrons. The molecule has 0 spiro atoms. The average Bonchev–Trinajstić information content (AvgIpc) is 3.20. The number of aryl methyl sites for hydroxylation is 1. The fourth-order valence-electron chi connectivity index (χ4n) is 5.82. The molecule has 0 heterocycles. The van der Waals surface area contributed by atoms with Crippen LogP contribution in [0.4, 0.5) is 22.4 Å². The molecule has 4 atom stereocenters. The molecule has 3 aromatic rings. The Bertz CT molecular complexity index is 2010. The minimum absolute atomic E-state index is 0.120. The van der Waals surface area contributed by atoms with Crippen LogP contribution < -0.4 is 26.6 Å². The van der Waals surface area contributed by atoms with E-state index in [2.05, 4.69) is 26.6 Å². The van der Waals surface area contributed by atoms with Crippen molar-refractivity contribution >= 4 is 41.7 Å². The van der Waals surface area contributed by atoms with Crippen LogP contribution in [-0.2, 0) is 62.2 Å². The van der Waals surface area contributed by atoms with E-state index in [4.69, 9.17) is 14.2 Å². The molecule has 0 aliphatic heterocycles. The van der Waals surface area contributed by atoms with E-state index >= 15 is 0 Å². The summed E-state index contributed by atoms with van der Waals surface area (Å²) in [4.78, 5) is 84.8. The number of halogens is 4. The average molecular weight is 904 g/mol. The summed E-state index contributed by atoms with van der Waals surface area (Å²) in [5, 5.41) is 12.6. The summed E-state index contributed by atoms with van der Waals surface area (Å²) < 4.78 is 67.6. The smallest absolute Gasteiger partial charge is 0.407 e. The lowest BCUT2D eigenvalue weighted by Gasteiger charge is -2.21. The Morgan fingerprint density at radius 3 is 1.41 bits per heavy atom. The first-order valence-corrected chi connectivity index (χ1v) is 20.3. The highest BCUT2D eigenvalue weighted by atomic mass is 19.1. The van der Waals surface area contributed by atoms with Crippen LogP contribution >= 0.6 is 0 Å². The number of esters is 2. The van der Waals surface area contributed by atoms with Gasteiger partial charge in [-0.05, 0) is 108 Å². The molecule has 19 heteroatoms. The maximum atomic E-state index is 13.3. The molecule has 0 bridgehead atoms. The molecule has 0 saturated carbocycles. The van der Waals surface area contributed by atoms with Gasteiger partial charge in [0.25, 0.3) is 0 Å². The van der Waals surface area contributed by atoms with Gasteiger partial charge in [-0.2, -0.15) is 0 Å². The van der Waals surface area contributed by atoms with Crippen LogP contribution in [0.1, 0.15) is 77.0 Å². The molecule has 0 aliphatic rings. The van der Waals surface area contributed by atoms with Crippen molar-refractivity contribution in [2.75, 3.05) is 20.8 Å². The van der Waals surface area contributed by atoms with Crippen molar-refractivity contribution in [2.24, 2.45) is 0 Å². The van der Waals surface area contributed by atoms with Gasteiger partial charge in [-0.3, -0.25) is 19.2 Å². The third kappa shape index (κ3) is 21.5. The normalized spacial score (nSPS) is 12.7. The van der Waals surface area contributed by atoms with Crippen LogP contribution in [0.5, 0.6) is 0 Å². The number of carbonyl (C=O) groups excluding carboxylic acids is 7. The number of alkyl carbamates (subject to hydrolysis) is 1. The highest BCUT2D eigenvalue weighted by Gasteiger charge is 2.26. The van der Waals surface area contributed by atoms with Crippen LogP contribution in [0.25, 0.3) is 0 Å². The Balaban J connectivity index is 0.000000443. The highest BCUT2D eigenvalue weighted by Crippen LogP contribution is 2.12. The van der Waals surface area contributed by atoms with Crippen LogP contribution in [-0.4, -0.2) is 92.2 Å². The SMILES string of the molecule is COC(=O)[C@H](CCCCNC(=O)OC(C)(C)C)NC(=O)[C@H](C)NC(=O)Cc1cc(F)cc(F)c1.COC(=O)[C@H](CCc1ccccc1)NC(=O)[C@H](C)NC(=O)Cc1cc(F)cc(F)c1. The quantitative estimate of drug-likeness (QED) is 0.0459. The number of nitrogens with one attached hydrogen (secondary N) is 5. The molecule has 3 aromatic carbocycles. The van der Waals surface area contributed by atoms with Crippen molar-refractivity contribution in [1.29, 1.82) is 0 Å². The third-order valence-electron chi connectivity index (χ3n) is 8.87. The molecular formula is C45H57F4N5O10. The summed E-state index contributed by atoms with van der Waals surface area (Å²) in [5.41, 5.74) is 0.663. The van der Waals surface area contributed by atoms with Crippen molar-refractivity contribution in [2.45, 2.75) is 109 Å². The van der Waals surface area contributed by atoms with Crippen molar-refractivity contribution in [1.82, 2.24) is 26.6 Å². The summed E-state index contributed by atoms with van der Waals surface area (Å²) in [6, 6.07) is 11.2. The molecule has 5 N–H and O–H groups in total. The van der Waals surface area contributed by atoms with E-state index in [-0.39, 0.29) is 30.4 Å². The van der Waals surface area contributed by atoms with Gasteiger partial charge in [-0.25, -0.2) is 31.9 Å². The van der Waals surface area contributed by atoms with E-state index < -0.39 is 94.7 Å². The number of unbranched alkanes of at least 4 members (excludes halogenated alkanes) is 1. The van der Waals surface area contributed by atoms with Crippen molar-refractivity contribution in [3.8, 4) is 0 Å². The number of amides is 5. The Morgan fingerprint density at radius 2 is 1.00 bits per heavy atom. The van der Waals surface area contributed by atoms with E-state index in [9.17, 15) is 51.1 Å². The minimum atomic E-state index is -1.01. The first-order valence-electron chi connectivity index (χ1n) is 20.3. The van der Waals surface area contributed by atoms with Gasteiger partial charge in [-0.15, -0.1) is 0 Å². The molecule has 0 aliphatic carbocycles. The molecule has 0 fully saturated rings. The number of ether oxygens (including phenoxy) is 3. The number of methoxy groups -OCH3 is 2. The van der Waals surface area contributed by atoms with Gasteiger partial charge in [0.1, 0.15) is 53.0 Å². The van der Waals surface area contributed by atoms with Gasteiger partial charge in [0, 0.05) is 18.7 Å². The molecule has 0 unspecified atom stereocenters. The Labute approximate surface area is 369 Å². The fraction of sp³-hybridized carbons (Fsp3) is 0.444. The van der Waals surface area contributed by atoms with E-state index in [0.29, 0.717) is 44.4 Å². The van der Waals surface area contributed by atoms with E-state index in [0.717, 1.165) is 29.8 Å². The number of hydrogen-bond acceptors (Lipinski definition) is 10. The number of rotatable bonds is 20. The molecule has 0 saturated heterocycles. The maximum Gasteiger partial charge on any atom is 0.407 e. The van der Waals surface area contributed by atoms with Gasteiger partial charge in [0.15, 0.2) is 0 Å². The lowest BCUT2D eigenvalue weighted by atomic mass is 10.0. The van der Waals surface area contributed by atoms with Crippen molar-refractivity contribution in [3.63, 3.8) is 0 Å². The fourth-order valence-corrected chi connectivity index (χ4v) is 5.82. The Morgan fingerprint density at radius 1 is 0.578 bits per heavy atom. The van der Waals surface area contributed by atoms with E-state index in [1.54, 1.807) is 20.8 Å². The van der Waals surface area contributed by atoms with Gasteiger partial charge >= 0.3 is 18.0 Å². The summed E-state index contributed by atoms with van der Waals surface area (Å²) in [6.07, 6.45) is 0.977. The monoisotopic (exact) mass is 903 g/mol. The molecule has 0 aromatic heterocycles. The predicted molar refractivity (Wildman–Crippen MR) is 226 cm³/mol. The van der Waals surface area contributed by atoms with Crippen LogP contribution in [0.15, 0.2) is 66.7 Å². The first kappa shape index (κ1) is 53.6. The number of hydrogen-bond donors (Lipinski definition) is 5. The highest BCUT2D eigenvalue weighted by molar-refractivity contribution is 5.91. The largest absolute Gasteiger partial charge is 0.467 e. The second kappa shape index (κ2) is 26.8. The molecule has 5 amide bonds. The summed E-state index contributed by atoms with van der Waals surface area (Å²) >= 11 is 0. The van der Waals surface area contributed by atoms with Gasteiger partial charge in [0.05, 0.1) is 27.1 Å². The molecular weight excluding hydrogens is 847 g/mol. The zero-order valence-corrected chi connectivity index (χ0v) is 36.9. The topological polar surface area (TPSA) is 207 Å². The third-order valence-corrected chi connectivity index (χ3v) is 8.87. The minimum Gasteiger partial charge on any atom is -0.467 e. The van der Waals surface area contributed by atoms with Gasteiger partial charge in [0.2, 0.25) is 23.6 Å². The molecule has 15 nitrogen and oxygen atoms in total. The summed E-state index contributed by atoms with van der Waals surface area (Å²) in [6.45, 7) is 8.44. The van der Waals surface area contributed by atoms with Gasteiger partial charge < -0.3 is 40.8 Å². The molecule has 64 heavy (non-hydrogen) atoms. The second-order valence-corrected chi connectivity index (χ2v) is 15.6. The molecule has 3 rings (SSSR count). The predicted octanol–water partition coefficient (Wildman–Crippen LogP) is 4.67. The summed E-state index contributed by atoms with van der Waals surface area (Å²) in [7, 11) is 2.42. The summed E-state index contributed by atoms with van der Waals surface area (Å²) in [5.74, 6) is -6.83.